The van der Waals surface area contributed by atoms with Crippen LogP contribution in [-0.2, 0) is 4.79 Å². The molecule has 0 aromatic heterocycles. The molecule has 0 fully saturated rings. The number of benzene rings is 2. The highest BCUT2D eigenvalue weighted by Crippen LogP contribution is 2.23. The van der Waals surface area contributed by atoms with E-state index in [9.17, 15) is 9.90 Å². The molecule has 0 aliphatic rings. The molecule has 0 heterocycles. The SMILES string of the molecule is COc1ccc(/C(=C/c2ccc(SC)cc2)C(=O)O)cc1. The first-order valence-corrected chi connectivity index (χ1v) is 7.60. The number of ether oxygens (including phenoxy) is 1. The number of carbonyl (C=O) groups is 1. The quantitative estimate of drug-likeness (QED) is 0.514. The van der Waals surface area contributed by atoms with Gasteiger partial charge in [-0.3, -0.25) is 0 Å². The molecule has 3 nitrogen and oxygen atoms in total. The second-order valence-corrected chi connectivity index (χ2v) is 5.24. The molecule has 0 unspecified atom stereocenters. The van der Waals surface area contributed by atoms with E-state index in [1.165, 1.54) is 0 Å². The van der Waals surface area contributed by atoms with Gasteiger partial charge in [0, 0.05) is 4.90 Å². The molecule has 2 aromatic rings. The van der Waals surface area contributed by atoms with Crippen molar-refractivity contribution in [2.24, 2.45) is 0 Å². The minimum atomic E-state index is -0.950. The predicted octanol–water partition coefficient (Wildman–Crippen LogP) is 4.04. The summed E-state index contributed by atoms with van der Waals surface area (Å²) < 4.78 is 5.08. The average molecular weight is 300 g/mol. The van der Waals surface area contributed by atoms with Gasteiger partial charge in [-0.2, -0.15) is 0 Å². The van der Waals surface area contributed by atoms with Crippen LogP contribution in [0.5, 0.6) is 5.75 Å². The number of aliphatic carboxylic acids is 1. The molecule has 0 spiro atoms. The van der Waals surface area contributed by atoms with Crippen molar-refractivity contribution >= 4 is 29.4 Å². The molecule has 0 aliphatic carbocycles. The largest absolute Gasteiger partial charge is 0.497 e. The minimum Gasteiger partial charge on any atom is -0.497 e. The molecule has 108 valence electrons. The Bertz CT molecular complexity index is 643. The molecule has 0 amide bonds. The monoisotopic (exact) mass is 300 g/mol. The first-order chi connectivity index (χ1) is 10.1. The zero-order valence-corrected chi connectivity index (χ0v) is 12.7. The van der Waals surface area contributed by atoms with Crippen molar-refractivity contribution in [3.63, 3.8) is 0 Å². The van der Waals surface area contributed by atoms with Crippen molar-refractivity contribution in [1.82, 2.24) is 0 Å². The summed E-state index contributed by atoms with van der Waals surface area (Å²) >= 11 is 1.65. The number of rotatable bonds is 5. The lowest BCUT2D eigenvalue weighted by atomic mass is 10.0. The summed E-state index contributed by atoms with van der Waals surface area (Å²) in [6.45, 7) is 0. The van der Waals surface area contributed by atoms with E-state index >= 15 is 0 Å². The molecule has 4 heteroatoms. The zero-order valence-electron chi connectivity index (χ0n) is 11.9. The second-order valence-electron chi connectivity index (χ2n) is 4.36. The predicted molar refractivity (Wildman–Crippen MR) is 86.7 cm³/mol. The highest BCUT2D eigenvalue weighted by molar-refractivity contribution is 7.98. The highest BCUT2D eigenvalue weighted by atomic mass is 32.2. The Morgan fingerprint density at radius 3 is 2.19 bits per heavy atom. The van der Waals surface area contributed by atoms with Gasteiger partial charge in [0.15, 0.2) is 0 Å². The van der Waals surface area contributed by atoms with Crippen molar-refractivity contribution < 1.29 is 14.6 Å². The molecule has 1 N–H and O–H groups in total. The fourth-order valence-electron chi connectivity index (χ4n) is 1.91. The van der Waals surface area contributed by atoms with Crippen LogP contribution in [0.15, 0.2) is 53.4 Å². The van der Waals surface area contributed by atoms with Crippen molar-refractivity contribution in [3.05, 3.63) is 59.7 Å². The number of hydrogen-bond donors (Lipinski definition) is 1. The van der Waals surface area contributed by atoms with Crippen LogP contribution in [0.1, 0.15) is 11.1 Å². The molecule has 21 heavy (non-hydrogen) atoms. The van der Waals surface area contributed by atoms with E-state index < -0.39 is 5.97 Å². The smallest absolute Gasteiger partial charge is 0.336 e. The molecule has 0 bridgehead atoms. The van der Waals surface area contributed by atoms with Gasteiger partial charge in [0.1, 0.15) is 5.75 Å². The lowest BCUT2D eigenvalue weighted by Crippen LogP contribution is -1.99. The van der Waals surface area contributed by atoms with Crippen molar-refractivity contribution in [1.29, 1.82) is 0 Å². The summed E-state index contributed by atoms with van der Waals surface area (Å²) in [7, 11) is 1.58. The maximum Gasteiger partial charge on any atom is 0.336 e. The van der Waals surface area contributed by atoms with Crippen LogP contribution < -0.4 is 4.74 Å². The Kier molecular flexibility index (Phi) is 5.06. The van der Waals surface area contributed by atoms with Gasteiger partial charge in [0.05, 0.1) is 12.7 Å². The van der Waals surface area contributed by atoms with Gasteiger partial charge in [-0.15, -0.1) is 11.8 Å². The molecule has 0 radical (unpaired) electrons. The fraction of sp³-hybridized carbons (Fsp3) is 0.118. The number of methoxy groups -OCH3 is 1. The average Bonchev–Trinajstić information content (AvgIpc) is 2.53. The Morgan fingerprint density at radius 1 is 1.10 bits per heavy atom. The van der Waals surface area contributed by atoms with Gasteiger partial charge in [0.2, 0.25) is 0 Å². The first kappa shape index (κ1) is 15.2. The fourth-order valence-corrected chi connectivity index (χ4v) is 2.31. The topological polar surface area (TPSA) is 46.5 Å². The molecule has 0 aliphatic heterocycles. The lowest BCUT2D eigenvalue weighted by Gasteiger charge is -2.05. The third kappa shape index (κ3) is 3.89. The first-order valence-electron chi connectivity index (χ1n) is 6.37. The van der Waals surface area contributed by atoms with E-state index in [1.54, 1.807) is 49.2 Å². The van der Waals surface area contributed by atoms with Gasteiger partial charge in [0.25, 0.3) is 0 Å². The Balaban J connectivity index is 2.36. The molecule has 2 aromatic carbocycles. The van der Waals surface area contributed by atoms with E-state index in [4.69, 9.17) is 4.74 Å². The summed E-state index contributed by atoms with van der Waals surface area (Å²) in [6, 6.07) is 14.8. The maximum absolute atomic E-state index is 11.5. The molecular weight excluding hydrogens is 284 g/mol. The van der Waals surface area contributed by atoms with Crippen LogP contribution in [0, 0.1) is 0 Å². The number of carboxylic acid groups (broad SMARTS) is 1. The summed E-state index contributed by atoms with van der Waals surface area (Å²) in [6.07, 6.45) is 3.68. The van der Waals surface area contributed by atoms with Gasteiger partial charge in [-0.1, -0.05) is 24.3 Å². The lowest BCUT2D eigenvalue weighted by molar-refractivity contribution is -0.130. The molecule has 0 saturated heterocycles. The summed E-state index contributed by atoms with van der Waals surface area (Å²) in [5, 5.41) is 9.41. The third-order valence-corrected chi connectivity index (χ3v) is 3.80. The summed E-state index contributed by atoms with van der Waals surface area (Å²) in [4.78, 5) is 12.6. The van der Waals surface area contributed by atoms with E-state index in [0.29, 0.717) is 11.3 Å². The van der Waals surface area contributed by atoms with E-state index in [0.717, 1.165) is 10.5 Å². The van der Waals surface area contributed by atoms with E-state index in [1.807, 2.05) is 30.5 Å². The Hall–Kier alpha value is -2.20. The van der Waals surface area contributed by atoms with Crippen LogP contribution in [-0.4, -0.2) is 24.4 Å². The van der Waals surface area contributed by atoms with Crippen molar-refractivity contribution in [2.75, 3.05) is 13.4 Å². The second kappa shape index (κ2) is 6.99. The standard InChI is InChI=1S/C17H16O3S/c1-20-14-7-5-13(6-8-14)16(17(18)19)11-12-3-9-15(21-2)10-4-12/h3-11H,1-2H3,(H,18,19)/b16-11-. The molecule has 2 rings (SSSR count). The normalized spacial score (nSPS) is 11.2. The molecular formula is C17H16O3S. The maximum atomic E-state index is 11.5. The van der Waals surface area contributed by atoms with Gasteiger partial charge in [-0.05, 0) is 47.7 Å². The number of thioether (sulfide) groups is 1. The molecule has 0 atom stereocenters. The van der Waals surface area contributed by atoms with Gasteiger partial charge >= 0.3 is 5.97 Å². The van der Waals surface area contributed by atoms with Crippen LogP contribution in [0.2, 0.25) is 0 Å². The van der Waals surface area contributed by atoms with Crippen molar-refractivity contribution in [3.8, 4) is 5.75 Å². The zero-order chi connectivity index (χ0) is 15.2. The number of hydrogen-bond acceptors (Lipinski definition) is 3. The van der Waals surface area contributed by atoms with Gasteiger partial charge in [-0.25, -0.2) is 4.79 Å². The minimum absolute atomic E-state index is 0.259. The van der Waals surface area contributed by atoms with Crippen LogP contribution in [0.3, 0.4) is 0 Å². The summed E-state index contributed by atoms with van der Waals surface area (Å²) in [5.74, 6) is -0.248. The van der Waals surface area contributed by atoms with Gasteiger partial charge < -0.3 is 9.84 Å². The highest BCUT2D eigenvalue weighted by Gasteiger charge is 2.10. The Labute approximate surface area is 128 Å². The van der Waals surface area contributed by atoms with E-state index in [2.05, 4.69) is 0 Å². The van der Waals surface area contributed by atoms with Crippen LogP contribution >= 0.6 is 11.8 Å². The number of carboxylic acids is 1. The third-order valence-electron chi connectivity index (χ3n) is 3.06. The van der Waals surface area contributed by atoms with Crippen LogP contribution in [0.25, 0.3) is 11.6 Å². The molecule has 0 saturated carbocycles. The van der Waals surface area contributed by atoms with Crippen molar-refractivity contribution in [2.45, 2.75) is 4.90 Å². The van der Waals surface area contributed by atoms with E-state index in [-0.39, 0.29) is 5.57 Å². The summed E-state index contributed by atoms with van der Waals surface area (Å²) in [5.41, 5.74) is 1.77. The Morgan fingerprint density at radius 2 is 1.71 bits per heavy atom. The van der Waals surface area contributed by atoms with Crippen LogP contribution in [0.4, 0.5) is 0 Å².